The topological polar surface area (TPSA) is 70.4 Å². The van der Waals surface area contributed by atoms with Gasteiger partial charge in [-0.1, -0.05) is 18.2 Å². The number of aromatic hydroxyl groups is 1. The van der Waals surface area contributed by atoms with Crippen LogP contribution in [0.25, 0.3) is 17.3 Å². The molecule has 1 aromatic heterocycles. The van der Waals surface area contributed by atoms with Gasteiger partial charge in [-0.2, -0.15) is 0 Å². The molecule has 134 valence electrons. The maximum Gasteiger partial charge on any atom is 0.262 e. The summed E-state index contributed by atoms with van der Waals surface area (Å²) in [6.45, 7) is 1.84. The smallest absolute Gasteiger partial charge is 0.262 e. The fraction of sp³-hybridized carbons (Fsp3) is 0.0500. The quantitative estimate of drug-likeness (QED) is 0.649. The van der Waals surface area contributed by atoms with Crippen molar-refractivity contribution in [2.75, 3.05) is 0 Å². The Bertz CT molecular complexity index is 1240. The van der Waals surface area contributed by atoms with Gasteiger partial charge < -0.3 is 5.11 Å². The molecule has 0 amide bonds. The Balaban J connectivity index is 1.94. The van der Waals surface area contributed by atoms with Crippen molar-refractivity contribution in [3.8, 4) is 11.6 Å². The van der Waals surface area contributed by atoms with E-state index < -0.39 is 11.4 Å². The largest absolute Gasteiger partial charge is 0.494 e. The van der Waals surface area contributed by atoms with Crippen molar-refractivity contribution in [2.45, 2.75) is 6.92 Å². The zero-order chi connectivity index (χ0) is 19.1. The van der Waals surface area contributed by atoms with E-state index in [1.807, 2.05) is 31.2 Å². The minimum Gasteiger partial charge on any atom is -0.494 e. The van der Waals surface area contributed by atoms with Crippen molar-refractivity contribution in [3.05, 3.63) is 80.6 Å². The number of H-pyrrole nitrogens is 1. The normalized spacial score (nSPS) is 14.3. The highest BCUT2D eigenvalue weighted by Crippen LogP contribution is 2.36. The lowest BCUT2D eigenvalue weighted by atomic mass is 10.0. The molecule has 2 heterocycles. The predicted molar refractivity (Wildman–Crippen MR) is 106 cm³/mol. The number of aromatic nitrogens is 2. The Morgan fingerprint density at radius 2 is 1.89 bits per heavy atom. The summed E-state index contributed by atoms with van der Waals surface area (Å²) in [6.07, 6.45) is 1.59. The summed E-state index contributed by atoms with van der Waals surface area (Å²) in [5.41, 5.74) is 3.15. The van der Waals surface area contributed by atoms with Gasteiger partial charge in [-0.3, -0.25) is 19.3 Å². The lowest BCUT2D eigenvalue weighted by molar-refractivity contribution is 0.432. The molecule has 0 fully saturated rings. The van der Waals surface area contributed by atoms with E-state index in [1.165, 1.54) is 28.8 Å². The maximum absolute atomic E-state index is 13.2. The zero-order valence-electron chi connectivity index (χ0n) is 14.2. The Morgan fingerprint density at radius 3 is 2.63 bits per heavy atom. The third-order valence-corrected chi connectivity index (χ3v) is 4.65. The Labute approximate surface area is 158 Å². The first-order chi connectivity index (χ1) is 13.0. The first-order valence-corrected chi connectivity index (χ1v) is 8.57. The monoisotopic (exact) mass is 379 g/mol. The van der Waals surface area contributed by atoms with Crippen LogP contribution in [-0.4, -0.2) is 20.4 Å². The van der Waals surface area contributed by atoms with Gasteiger partial charge >= 0.3 is 0 Å². The van der Waals surface area contributed by atoms with Gasteiger partial charge in [0.05, 0.1) is 11.4 Å². The molecule has 0 radical (unpaired) electrons. The van der Waals surface area contributed by atoms with Gasteiger partial charge in [-0.15, -0.1) is 0 Å². The van der Waals surface area contributed by atoms with E-state index in [2.05, 4.69) is 9.98 Å². The Hall–Kier alpha value is -3.32. The van der Waals surface area contributed by atoms with Crippen molar-refractivity contribution in [1.82, 2.24) is 9.55 Å². The van der Waals surface area contributed by atoms with E-state index in [0.29, 0.717) is 5.69 Å². The number of nitrogens with zero attached hydrogens (tertiary/aromatic N) is 2. The van der Waals surface area contributed by atoms with E-state index in [1.54, 1.807) is 6.08 Å². The molecule has 0 aliphatic carbocycles. The molecule has 1 aliphatic heterocycles. The summed E-state index contributed by atoms with van der Waals surface area (Å²) in [4.78, 5) is 19.5. The Morgan fingerprint density at radius 1 is 1.19 bits per heavy atom. The summed E-state index contributed by atoms with van der Waals surface area (Å²) in [7, 11) is 0. The number of aromatic amines is 1. The molecule has 0 saturated carbocycles. The fourth-order valence-corrected chi connectivity index (χ4v) is 3.34. The molecule has 0 atom stereocenters. The van der Waals surface area contributed by atoms with Crippen LogP contribution >= 0.6 is 12.2 Å². The van der Waals surface area contributed by atoms with Crippen LogP contribution < -0.4 is 5.56 Å². The molecule has 4 rings (SSSR count). The molecule has 0 saturated heterocycles. The summed E-state index contributed by atoms with van der Waals surface area (Å²) >= 11 is 5.18. The van der Waals surface area contributed by atoms with E-state index in [-0.39, 0.29) is 16.2 Å². The second-order valence-electron chi connectivity index (χ2n) is 6.08. The molecule has 2 N–H and O–H groups in total. The summed E-state index contributed by atoms with van der Waals surface area (Å²) in [6, 6.07) is 13.0. The maximum atomic E-state index is 13.2. The van der Waals surface area contributed by atoms with Crippen LogP contribution in [0.3, 0.4) is 0 Å². The van der Waals surface area contributed by atoms with E-state index in [9.17, 15) is 14.3 Å². The average Bonchev–Trinajstić information content (AvgIpc) is 2.95. The number of hydrogen-bond donors (Lipinski definition) is 2. The van der Waals surface area contributed by atoms with Crippen LogP contribution in [0.15, 0.2) is 58.3 Å². The molecule has 3 aromatic rings. The molecule has 0 unspecified atom stereocenters. The summed E-state index contributed by atoms with van der Waals surface area (Å²) in [5, 5.41) is 10.8. The molecular weight excluding hydrogens is 365 g/mol. The molecule has 7 heteroatoms. The van der Waals surface area contributed by atoms with Gasteiger partial charge in [0, 0.05) is 16.8 Å². The Kier molecular flexibility index (Phi) is 4.08. The molecule has 2 aromatic carbocycles. The van der Waals surface area contributed by atoms with Crippen molar-refractivity contribution in [1.29, 1.82) is 0 Å². The average molecular weight is 379 g/mol. The molecule has 5 nitrogen and oxygen atoms in total. The molecule has 0 bridgehead atoms. The number of allylic oxidation sites excluding steroid dienone is 1. The van der Waals surface area contributed by atoms with Gasteiger partial charge in [-0.25, -0.2) is 4.39 Å². The lowest BCUT2D eigenvalue weighted by Gasteiger charge is -2.12. The highest BCUT2D eigenvalue weighted by atomic mass is 32.1. The number of para-hydroxylation sites is 1. The first kappa shape index (κ1) is 17.1. The minimum atomic E-state index is -0.513. The van der Waals surface area contributed by atoms with E-state index >= 15 is 0 Å². The fourth-order valence-electron chi connectivity index (χ4n) is 3.06. The number of nitrogens with one attached hydrogen (secondary N) is 1. The van der Waals surface area contributed by atoms with Crippen LogP contribution in [-0.2, 0) is 0 Å². The van der Waals surface area contributed by atoms with Crippen molar-refractivity contribution in [3.63, 3.8) is 0 Å². The van der Waals surface area contributed by atoms with Crippen molar-refractivity contribution < 1.29 is 9.50 Å². The van der Waals surface area contributed by atoms with Crippen LogP contribution in [0.4, 0.5) is 10.1 Å². The van der Waals surface area contributed by atoms with Crippen molar-refractivity contribution >= 4 is 35.3 Å². The third kappa shape index (κ3) is 2.92. The molecule has 27 heavy (non-hydrogen) atoms. The number of halogens is 1. The highest BCUT2D eigenvalue weighted by Gasteiger charge is 2.20. The predicted octanol–water partition coefficient (Wildman–Crippen LogP) is 4.39. The number of rotatable bonds is 2. The standard InChI is InChI=1S/C20H14FN3O2S/c1-11-15(14-4-2-3-5-17(14)22-11)10-16-18(25)23-20(27)24(19(16)26)13-8-6-12(21)7-9-13/h2-10,26H,1H3,(H,23,25,27). The third-order valence-electron chi connectivity index (χ3n) is 4.37. The zero-order valence-corrected chi connectivity index (χ0v) is 15.0. The van der Waals surface area contributed by atoms with Crippen LogP contribution in [0, 0.1) is 10.6 Å². The number of aliphatic imine (C=N–C) groups is 1. The molecular formula is C20H14FN3O2S. The van der Waals surface area contributed by atoms with Gasteiger partial charge in [0.25, 0.3) is 5.56 Å². The first-order valence-electron chi connectivity index (χ1n) is 8.16. The van der Waals surface area contributed by atoms with Crippen LogP contribution in [0.2, 0.25) is 0 Å². The van der Waals surface area contributed by atoms with Gasteiger partial charge in [0.15, 0.2) is 4.77 Å². The van der Waals surface area contributed by atoms with Gasteiger partial charge in [0.1, 0.15) is 11.4 Å². The van der Waals surface area contributed by atoms with Gasteiger partial charge in [0.2, 0.25) is 5.88 Å². The second-order valence-corrected chi connectivity index (χ2v) is 6.47. The van der Waals surface area contributed by atoms with Gasteiger partial charge in [-0.05, 0) is 55.5 Å². The van der Waals surface area contributed by atoms with Crippen LogP contribution in [0.1, 0.15) is 18.1 Å². The lowest BCUT2D eigenvalue weighted by Crippen LogP contribution is -2.16. The molecule has 1 aliphatic rings. The van der Waals surface area contributed by atoms with Crippen molar-refractivity contribution in [2.24, 2.45) is 4.99 Å². The number of hydrogen-bond acceptors (Lipinski definition) is 4. The van der Waals surface area contributed by atoms with E-state index in [4.69, 9.17) is 12.2 Å². The summed E-state index contributed by atoms with van der Waals surface area (Å²) in [5.74, 6) is -0.731. The molecule has 0 spiro atoms. The minimum absolute atomic E-state index is 0.0171. The number of fused-ring (bicyclic) bond motifs is 1. The van der Waals surface area contributed by atoms with Crippen LogP contribution in [0.5, 0.6) is 5.88 Å². The second kappa shape index (κ2) is 6.44. The van der Waals surface area contributed by atoms with E-state index in [0.717, 1.165) is 22.5 Å². The summed E-state index contributed by atoms with van der Waals surface area (Å²) < 4.78 is 14.5. The SMILES string of the molecule is CC1=Nc2ccccc2C1=Cc1c(O)n(-c2ccc(F)cc2)c(=S)[nH]c1=O. The highest BCUT2D eigenvalue weighted by molar-refractivity contribution is 7.71. The number of benzene rings is 2.